The fraction of sp³-hybridized carbons (Fsp3) is 0.857. The molecule has 0 heteroatoms. The topological polar surface area (TPSA) is 0 Å². The van der Waals surface area contributed by atoms with Gasteiger partial charge in [0.05, 0.1) is 0 Å². The van der Waals surface area contributed by atoms with Crippen LogP contribution < -0.4 is 0 Å². The third-order valence-corrected chi connectivity index (χ3v) is 2.07. The van der Waals surface area contributed by atoms with Gasteiger partial charge in [-0.2, -0.15) is 0 Å². The summed E-state index contributed by atoms with van der Waals surface area (Å²) in [5.74, 6) is 0.937. The van der Waals surface area contributed by atoms with Crippen LogP contribution in [0, 0.1) is 18.3 Å². The summed E-state index contributed by atoms with van der Waals surface area (Å²) in [6.07, 6.45) is 2.53. The predicted octanol–water partition coefficient (Wildman–Crippen LogP) is 2.26. The Morgan fingerprint density at radius 3 is 2.14 bits per heavy atom. The fourth-order valence-electron chi connectivity index (χ4n) is 1.07. The molecule has 0 N–H and O–H groups in total. The SMILES string of the molecule is [CH2]CC1CC1(C)C. The molecule has 0 nitrogen and oxygen atoms in total. The maximum absolute atomic E-state index is 3.84. The van der Waals surface area contributed by atoms with E-state index in [1.807, 2.05) is 0 Å². The second-order valence-electron chi connectivity index (χ2n) is 3.18. The molecule has 41 valence electrons. The Morgan fingerprint density at radius 1 is 1.71 bits per heavy atom. The smallest absolute Gasteiger partial charge is 0.0323 e. The Labute approximate surface area is 45.9 Å². The van der Waals surface area contributed by atoms with E-state index in [1.54, 1.807) is 0 Å². The van der Waals surface area contributed by atoms with Crippen molar-refractivity contribution >= 4 is 0 Å². The second-order valence-corrected chi connectivity index (χ2v) is 3.18. The lowest BCUT2D eigenvalue weighted by molar-refractivity contribution is 0.562. The monoisotopic (exact) mass is 97.1 g/mol. The van der Waals surface area contributed by atoms with Crippen molar-refractivity contribution in [2.75, 3.05) is 0 Å². The molecule has 0 aromatic carbocycles. The van der Waals surface area contributed by atoms with Gasteiger partial charge in [-0.3, -0.25) is 0 Å². The fourth-order valence-corrected chi connectivity index (χ4v) is 1.07. The number of rotatable bonds is 1. The van der Waals surface area contributed by atoms with Gasteiger partial charge in [0.1, 0.15) is 0 Å². The van der Waals surface area contributed by atoms with E-state index in [4.69, 9.17) is 0 Å². The van der Waals surface area contributed by atoms with E-state index in [1.165, 1.54) is 6.42 Å². The maximum atomic E-state index is 3.84. The van der Waals surface area contributed by atoms with E-state index in [0.29, 0.717) is 5.41 Å². The highest BCUT2D eigenvalue weighted by Gasteiger charge is 2.43. The summed E-state index contributed by atoms with van der Waals surface area (Å²) in [7, 11) is 0. The van der Waals surface area contributed by atoms with Gasteiger partial charge in [-0.05, 0) is 24.2 Å². The molecule has 1 atom stereocenters. The zero-order valence-corrected chi connectivity index (χ0v) is 5.20. The third-order valence-electron chi connectivity index (χ3n) is 2.07. The van der Waals surface area contributed by atoms with Crippen molar-refractivity contribution in [3.05, 3.63) is 6.92 Å². The van der Waals surface area contributed by atoms with E-state index in [2.05, 4.69) is 20.8 Å². The van der Waals surface area contributed by atoms with E-state index in [9.17, 15) is 0 Å². The van der Waals surface area contributed by atoms with Crippen LogP contribution >= 0.6 is 0 Å². The molecule has 1 saturated carbocycles. The average Bonchev–Trinajstić information content (AvgIpc) is 2.13. The van der Waals surface area contributed by atoms with Gasteiger partial charge >= 0.3 is 0 Å². The van der Waals surface area contributed by atoms with Gasteiger partial charge in [0.25, 0.3) is 0 Å². The summed E-state index contributed by atoms with van der Waals surface area (Å²) in [4.78, 5) is 0. The first-order valence-corrected chi connectivity index (χ1v) is 2.96. The van der Waals surface area contributed by atoms with Crippen LogP contribution in [-0.4, -0.2) is 0 Å². The lowest BCUT2D eigenvalue weighted by atomic mass is 10.1. The normalized spacial score (nSPS) is 35.6. The van der Waals surface area contributed by atoms with Crippen LogP contribution in [0.5, 0.6) is 0 Å². The van der Waals surface area contributed by atoms with Crippen LogP contribution in [0.15, 0.2) is 0 Å². The summed E-state index contributed by atoms with van der Waals surface area (Å²) >= 11 is 0. The average molecular weight is 97.2 g/mol. The summed E-state index contributed by atoms with van der Waals surface area (Å²) in [5, 5.41) is 0. The Hall–Kier alpha value is 0. The molecule has 0 aromatic heterocycles. The minimum absolute atomic E-state index is 0.655. The van der Waals surface area contributed by atoms with Crippen molar-refractivity contribution in [1.82, 2.24) is 0 Å². The minimum atomic E-state index is 0.655. The predicted molar refractivity (Wildman–Crippen MR) is 31.9 cm³/mol. The standard InChI is InChI=1S/C7H13/c1-4-6-5-7(6,2)3/h6H,1,4-5H2,2-3H3. The molecule has 7 heavy (non-hydrogen) atoms. The van der Waals surface area contributed by atoms with Crippen LogP contribution in [-0.2, 0) is 0 Å². The van der Waals surface area contributed by atoms with Crippen molar-refractivity contribution in [3.63, 3.8) is 0 Å². The maximum Gasteiger partial charge on any atom is -0.0323 e. The Bertz CT molecular complexity index is 72.1. The Kier molecular flexibility index (Phi) is 0.911. The van der Waals surface area contributed by atoms with Crippen LogP contribution in [0.1, 0.15) is 26.7 Å². The molecule has 0 heterocycles. The van der Waals surface area contributed by atoms with Crippen molar-refractivity contribution in [2.45, 2.75) is 26.7 Å². The Balaban J connectivity index is 2.30. The van der Waals surface area contributed by atoms with Crippen LogP contribution in [0.4, 0.5) is 0 Å². The first-order valence-electron chi connectivity index (χ1n) is 2.96. The Morgan fingerprint density at radius 2 is 2.14 bits per heavy atom. The second kappa shape index (κ2) is 1.24. The summed E-state index contributed by atoms with van der Waals surface area (Å²) in [6.45, 7) is 8.46. The zero-order valence-electron chi connectivity index (χ0n) is 5.20. The minimum Gasteiger partial charge on any atom is -0.0596 e. The summed E-state index contributed by atoms with van der Waals surface area (Å²) < 4.78 is 0. The number of hydrogen-bond donors (Lipinski definition) is 0. The lowest BCUT2D eigenvalue weighted by Crippen LogP contribution is -1.86. The van der Waals surface area contributed by atoms with Crippen LogP contribution in [0.2, 0.25) is 0 Å². The molecule has 0 saturated heterocycles. The first kappa shape index (κ1) is 5.14. The van der Waals surface area contributed by atoms with Gasteiger partial charge in [0, 0.05) is 0 Å². The largest absolute Gasteiger partial charge is 0.0596 e. The van der Waals surface area contributed by atoms with Gasteiger partial charge in [-0.1, -0.05) is 20.8 Å². The van der Waals surface area contributed by atoms with Gasteiger partial charge in [-0.15, -0.1) is 0 Å². The first-order chi connectivity index (χ1) is 3.17. The van der Waals surface area contributed by atoms with Crippen molar-refractivity contribution in [1.29, 1.82) is 0 Å². The molecule has 1 rings (SSSR count). The summed E-state index contributed by atoms with van der Waals surface area (Å²) in [5.41, 5.74) is 0.655. The molecule has 0 amide bonds. The molecule has 1 unspecified atom stereocenters. The molecule has 0 aromatic rings. The highest BCUT2D eigenvalue weighted by Crippen LogP contribution is 2.53. The van der Waals surface area contributed by atoms with Gasteiger partial charge in [0.2, 0.25) is 0 Å². The third kappa shape index (κ3) is 0.793. The zero-order chi connectivity index (χ0) is 5.49. The quantitative estimate of drug-likeness (QED) is 0.470. The van der Waals surface area contributed by atoms with E-state index < -0.39 is 0 Å². The van der Waals surface area contributed by atoms with E-state index in [0.717, 1.165) is 12.3 Å². The molecule has 0 aliphatic heterocycles. The van der Waals surface area contributed by atoms with E-state index >= 15 is 0 Å². The van der Waals surface area contributed by atoms with Gasteiger partial charge < -0.3 is 0 Å². The molecule has 1 fully saturated rings. The highest BCUT2D eigenvalue weighted by molar-refractivity contribution is 4.94. The molecular weight excluding hydrogens is 84.1 g/mol. The van der Waals surface area contributed by atoms with Crippen LogP contribution in [0.25, 0.3) is 0 Å². The van der Waals surface area contributed by atoms with Crippen molar-refractivity contribution in [2.24, 2.45) is 11.3 Å². The molecule has 1 aliphatic rings. The van der Waals surface area contributed by atoms with Gasteiger partial charge in [-0.25, -0.2) is 0 Å². The van der Waals surface area contributed by atoms with Crippen molar-refractivity contribution < 1.29 is 0 Å². The molecule has 1 aliphatic carbocycles. The number of hydrogen-bond acceptors (Lipinski definition) is 0. The van der Waals surface area contributed by atoms with Crippen LogP contribution in [0.3, 0.4) is 0 Å². The molecule has 0 bridgehead atoms. The molecular formula is C7H13. The molecule has 0 spiro atoms. The summed E-state index contributed by atoms with van der Waals surface area (Å²) in [6, 6.07) is 0. The molecule has 1 radical (unpaired) electrons. The highest BCUT2D eigenvalue weighted by atomic mass is 14.5. The van der Waals surface area contributed by atoms with E-state index in [-0.39, 0.29) is 0 Å². The van der Waals surface area contributed by atoms with Crippen molar-refractivity contribution in [3.8, 4) is 0 Å². The lowest BCUT2D eigenvalue weighted by Gasteiger charge is -1.95. The van der Waals surface area contributed by atoms with Gasteiger partial charge in [0.15, 0.2) is 0 Å².